The van der Waals surface area contributed by atoms with E-state index in [1.54, 1.807) is 6.92 Å². The molecule has 0 unspecified atom stereocenters. The molecule has 6 nitrogen and oxygen atoms in total. The zero-order valence-corrected chi connectivity index (χ0v) is 22.6. The van der Waals surface area contributed by atoms with E-state index in [0.717, 1.165) is 22.8 Å². The first-order valence-electron chi connectivity index (χ1n) is 12.6. The zero-order valence-electron chi connectivity index (χ0n) is 22.6. The molecule has 0 saturated carbocycles. The molecule has 0 aliphatic carbocycles. The van der Waals surface area contributed by atoms with E-state index in [-0.39, 0.29) is 37.0 Å². The van der Waals surface area contributed by atoms with Gasteiger partial charge in [-0.15, -0.1) is 0 Å². The Balaban J connectivity index is 2.20. The second-order valence-corrected chi connectivity index (χ2v) is 9.68. The second-order valence-electron chi connectivity index (χ2n) is 9.68. The van der Waals surface area contributed by atoms with Crippen LogP contribution in [0.2, 0.25) is 0 Å². The molecule has 3 rings (SSSR count). The lowest BCUT2D eigenvalue weighted by atomic mass is 9.88. The van der Waals surface area contributed by atoms with Crippen LogP contribution in [0.25, 0.3) is 0 Å². The minimum absolute atomic E-state index is 0.00884. The van der Waals surface area contributed by atoms with Gasteiger partial charge in [-0.05, 0) is 60.4 Å². The van der Waals surface area contributed by atoms with E-state index in [1.807, 2.05) is 0 Å². The van der Waals surface area contributed by atoms with Crippen LogP contribution >= 0.6 is 0 Å². The maximum absolute atomic E-state index is 13.7. The molecule has 2 amide bonds. The Morgan fingerprint density at radius 1 is 0.905 bits per heavy atom. The van der Waals surface area contributed by atoms with Crippen LogP contribution in [-0.2, 0) is 39.3 Å². The van der Waals surface area contributed by atoms with E-state index in [1.165, 1.54) is 7.11 Å². The van der Waals surface area contributed by atoms with E-state index in [2.05, 4.69) is 0 Å². The molecule has 2 aromatic carbocycles. The largest absolute Gasteiger partial charge is 0.449 e. The summed E-state index contributed by atoms with van der Waals surface area (Å²) in [4.78, 5) is 27.8. The predicted molar refractivity (Wildman–Crippen MR) is 131 cm³/mol. The number of fused-ring (bicyclic) bond motifs is 1. The van der Waals surface area contributed by atoms with Crippen molar-refractivity contribution in [1.82, 2.24) is 4.90 Å². The van der Waals surface area contributed by atoms with Crippen LogP contribution in [0.1, 0.15) is 60.5 Å². The highest BCUT2D eigenvalue weighted by atomic mass is 19.4. The Hall–Kier alpha value is -3.49. The van der Waals surface area contributed by atoms with Crippen molar-refractivity contribution in [3.63, 3.8) is 0 Å². The Morgan fingerprint density at radius 2 is 1.48 bits per heavy atom. The smallest absolute Gasteiger partial charge is 0.416 e. The van der Waals surface area contributed by atoms with Crippen molar-refractivity contribution in [2.24, 2.45) is 0 Å². The molecule has 0 radical (unpaired) electrons. The van der Waals surface area contributed by atoms with E-state index >= 15 is 0 Å². The summed E-state index contributed by atoms with van der Waals surface area (Å²) in [6.45, 7) is 1.72. The van der Waals surface area contributed by atoms with Gasteiger partial charge in [0.25, 0.3) is 0 Å². The fourth-order valence-corrected chi connectivity index (χ4v) is 4.79. The maximum Gasteiger partial charge on any atom is 0.416 e. The molecule has 0 spiro atoms. The predicted octanol–water partition coefficient (Wildman–Crippen LogP) is 7.60. The molecule has 1 aliphatic heterocycles. The summed E-state index contributed by atoms with van der Waals surface area (Å²) in [7, 11) is 1.29. The molecule has 0 saturated heterocycles. The molecule has 0 aromatic heterocycles. The average Bonchev–Trinajstić information content (AvgIpc) is 2.88. The summed E-state index contributed by atoms with van der Waals surface area (Å²) in [5.41, 5.74) is -5.17. The number of rotatable bonds is 7. The number of benzene rings is 2. The van der Waals surface area contributed by atoms with Crippen molar-refractivity contribution in [2.45, 2.75) is 63.8 Å². The van der Waals surface area contributed by atoms with Crippen molar-refractivity contribution >= 4 is 17.7 Å². The maximum atomic E-state index is 13.7. The number of nitrogens with zero attached hydrogens (tertiary/aromatic N) is 2. The average molecular weight is 615 g/mol. The summed E-state index contributed by atoms with van der Waals surface area (Å²) in [6, 6.07) is 1.04. The number of amides is 2. The van der Waals surface area contributed by atoms with Crippen LogP contribution in [0.15, 0.2) is 36.4 Å². The molecule has 15 heteroatoms. The van der Waals surface area contributed by atoms with Gasteiger partial charge in [0.1, 0.15) is 0 Å². The number of hydrogen-bond acceptors (Lipinski definition) is 4. The van der Waals surface area contributed by atoms with Crippen molar-refractivity contribution in [3.05, 3.63) is 64.2 Å². The van der Waals surface area contributed by atoms with E-state index in [4.69, 9.17) is 9.47 Å². The molecule has 0 bridgehead atoms. The van der Waals surface area contributed by atoms with Crippen molar-refractivity contribution in [2.75, 3.05) is 25.2 Å². The molecule has 232 valence electrons. The molecule has 2 atom stereocenters. The third-order valence-electron chi connectivity index (χ3n) is 6.60. The van der Waals surface area contributed by atoms with Crippen LogP contribution in [0, 0.1) is 0 Å². The SMILES string of the molecule is CCCOC(=O)N1c2ccc(C(F)(F)F)cc2[C@@H](N(Cc2cc(C(F)(F)F)cc(C(F)(F)F)c2)C(C)=O)C[C@H]1COC. The van der Waals surface area contributed by atoms with Gasteiger partial charge in [0.05, 0.1) is 47.7 Å². The summed E-state index contributed by atoms with van der Waals surface area (Å²) in [6.07, 6.45) is -15.9. The van der Waals surface area contributed by atoms with Gasteiger partial charge in [0.15, 0.2) is 0 Å². The first-order valence-corrected chi connectivity index (χ1v) is 12.6. The van der Waals surface area contributed by atoms with E-state index in [0.29, 0.717) is 30.7 Å². The first-order chi connectivity index (χ1) is 19.4. The number of hydrogen-bond donors (Lipinski definition) is 0. The molecule has 1 heterocycles. The van der Waals surface area contributed by atoms with Crippen LogP contribution in [0.4, 0.5) is 50.0 Å². The Kier molecular flexibility index (Phi) is 9.74. The topological polar surface area (TPSA) is 59.1 Å². The third-order valence-corrected chi connectivity index (χ3v) is 6.60. The standard InChI is InChI=1S/C27H27F9N2O4/c1-4-7-42-24(40)38-20(14-41-3)12-23(21-11-17(25(28,29)30)5-6-22(21)38)37(15(2)39)13-16-8-18(26(31,32)33)10-19(9-16)27(34,35)36/h5-6,8-11,20,23H,4,7,12-14H2,1-3H3/t20-,23-/m0/s1. The number of methoxy groups -OCH3 is 1. The third kappa shape index (κ3) is 7.47. The molecular formula is C27H27F9N2O4. The van der Waals surface area contributed by atoms with Gasteiger partial charge in [-0.25, -0.2) is 4.79 Å². The highest BCUT2D eigenvalue weighted by Gasteiger charge is 2.43. The number of carbonyl (C=O) groups excluding carboxylic acids is 2. The van der Waals surface area contributed by atoms with E-state index in [9.17, 15) is 49.1 Å². The Labute approximate surface area is 235 Å². The summed E-state index contributed by atoms with van der Waals surface area (Å²) in [5, 5.41) is 0. The summed E-state index contributed by atoms with van der Waals surface area (Å²) < 4.78 is 132. The van der Waals surface area contributed by atoms with Crippen LogP contribution < -0.4 is 4.90 Å². The molecule has 0 N–H and O–H groups in total. The lowest BCUT2D eigenvalue weighted by Gasteiger charge is -2.44. The lowest BCUT2D eigenvalue weighted by molar-refractivity contribution is -0.143. The minimum atomic E-state index is -5.15. The van der Waals surface area contributed by atoms with Gasteiger partial charge in [0, 0.05) is 20.6 Å². The molecule has 42 heavy (non-hydrogen) atoms. The summed E-state index contributed by atoms with van der Waals surface area (Å²) in [5.74, 6) is -0.840. The van der Waals surface area contributed by atoms with Crippen LogP contribution in [0.3, 0.4) is 0 Å². The van der Waals surface area contributed by atoms with Gasteiger partial charge in [-0.2, -0.15) is 39.5 Å². The minimum Gasteiger partial charge on any atom is -0.449 e. The number of anilines is 1. The van der Waals surface area contributed by atoms with Gasteiger partial charge < -0.3 is 14.4 Å². The Bertz CT molecular complexity index is 1260. The van der Waals surface area contributed by atoms with Crippen molar-refractivity contribution in [3.8, 4) is 0 Å². The molecule has 2 aromatic rings. The quantitative estimate of drug-likeness (QED) is 0.302. The summed E-state index contributed by atoms with van der Waals surface area (Å²) >= 11 is 0. The number of carbonyl (C=O) groups is 2. The van der Waals surface area contributed by atoms with Gasteiger partial charge in [-0.1, -0.05) is 6.92 Å². The van der Waals surface area contributed by atoms with Crippen LogP contribution in [-0.4, -0.2) is 43.3 Å². The van der Waals surface area contributed by atoms with Crippen LogP contribution in [0.5, 0.6) is 0 Å². The van der Waals surface area contributed by atoms with Crippen molar-refractivity contribution < 1.29 is 58.6 Å². The Morgan fingerprint density at radius 3 is 1.95 bits per heavy atom. The lowest BCUT2D eigenvalue weighted by Crippen LogP contribution is -2.50. The zero-order chi connectivity index (χ0) is 31.6. The normalized spacial score (nSPS) is 17.6. The number of ether oxygens (including phenoxy) is 2. The highest BCUT2D eigenvalue weighted by molar-refractivity contribution is 5.91. The monoisotopic (exact) mass is 614 g/mol. The number of halogens is 9. The molecule has 1 aliphatic rings. The first kappa shape index (κ1) is 33.0. The fourth-order valence-electron chi connectivity index (χ4n) is 4.79. The molecule has 0 fully saturated rings. The number of alkyl halides is 9. The highest BCUT2D eigenvalue weighted by Crippen LogP contribution is 2.45. The van der Waals surface area contributed by atoms with Gasteiger partial charge in [-0.3, -0.25) is 9.69 Å². The van der Waals surface area contributed by atoms with E-state index < -0.39 is 71.4 Å². The second kappa shape index (κ2) is 12.4. The molecular weight excluding hydrogens is 587 g/mol. The fraction of sp³-hybridized carbons (Fsp3) is 0.481. The van der Waals surface area contributed by atoms with Gasteiger partial charge in [0.2, 0.25) is 5.91 Å². The van der Waals surface area contributed by atoms with Gasteiger partial charge >= 0.3 is 24.6 Å². The van der Waals surface area contributed by atoms with Crippen molar-refractivity contribution in [1.29, 1.82) is 0 Å².